The number of fused-ring (bicyclic) bond motifs is 1. The van der Waals surface area contributed by atoms with Crippen molar-refractivity contribution in [2.24, 2.45) is 5.92 Å². The van der Waals surface area contributed by atoms with Crippen LogP contribution in [0.15, 0.2) is 11.1 Å². The van der Waals surface area contributed by atoms with Crippen LogP contribution in [-0.4, -0.2) is 67.4 Å². The lowest BCUT2D eigenvalue weighted by atomic mass is 10.0. The zero-order valence-corrected chi connectivity index (χ0v) is 15.5. The molecule has 8 heteroatoms. The summed E-state index contributed by atoms with van der Waals surface area (Å²) in [5.41, 5.74) is 0. The fraction of sp³-hybridized carbons (Fsp3) is 0.750. The normalized spacial score (nSPS) is 28.1. The second-order valence-electron chi connectivity index (χ2n) is 7.20. The van der Waals surface area contributed by atoms with Crippen LogP contribution in [0.1, 0.15) is 26.1 Å². The monoisotopic (exact) mass is 354 g/mol. The summed E-state index contributed by atoms with van der Waals surface area (Å²) in [6, 6.07) is 0.557. The summed E-state index contributed by atoms with van der Waals surface area (Å²) in [7, 11) is -3.36. The van der Waals surface area contributed by atoms with E-state index in [0.29, 0.717) is 23.6 Å². The third-order valence-electron chi connectivity index (χ3n) is 4.80. The predicted molar refractivity (Wildman–Crippen MR) is 91.8 cm³/mol. The lowest BCUT2D eigenvalue weighted by molar-refractivity contribution is -0.0683. The van der Waals surface area contributed by atoms with Gasteiger partial charge in [0.2, 0.25) is 0 Å². The molecule has 0 saturated carbocycles. The van der Waals surface area contributed by atoms with Gasteiger partial charge in [0, 0.05) is 31.4 Å². The van der Waals surface area contributed by atoms with Crippen LogP contribution in [0.2, 0.25) is 0 Å². The van der Waals surface area contributed by atoms with Crippen LogP contribution in [-0.2, 0) is 14.6 Å². The molecule has 134 valence electrons. The Hall–Kier alpha value is -1.25. The maximum atomic E-state index is 12.0. The van der Waals surface area contributed by atoms with E-state index in [1.54, 1.807) is 6.92 Å². The largest absolute Gasteiger partial charge is 0.375 e. The Labute approximate surface area is 143 Å². The number of hydrogen-bond acceptors (Lipinski definition) is 7. The zero-order chi connectivity index (χ0) is 17.5. The molecule has 24 heavy (non-hydrogen) atoms. The maximum absolute atomic E-state index is 12.0. The molecule has 0 spiro atoms. The molecule has 1 N–H and O–H groups in total. The first-order chi connectivity index (χ1) is 11.2. The third-order valence-corrected chi connectivity index (χ3v) is 5.90. The van der Waals surface area contributed by atoms with Crippen molar-refractivity contribution in [3.8, 4) is 0 Å². The van der Waals surface area contributed by atoms with Gasteiger partial charge in [-0.05, 0) is 19.3 Å². The molecule has 2 aliphatic rings. The Bertz CT molecular complexity index is 707. The molecule has 0 radical (unpaired) electrons. The van der Waals surface area contributed by atoms with E-state index in [1.165, 1.54) is 12.5 Å². The van der Waals surface area contributed by atoms with Crippen molar-refractivity contribution in [3.05, 3.63) is 12.0 Å². The second kappa shape index (κ2) is 6.57. The Morgan fingerprint density at radius 3 is 2.79 bits per heavy atom. The molecule has 3 atom stereocenters. The molecule has 0 amide bonds. The van der Waals surface area contributed by atoms with Gasteiger partial charge >= 0.3 is 0 Å². The van der Waals surface area contributed by atoms with Crippen molar-refractivity contribution in [2.75, 3.05) is 31.3 Å². The van der Waals surface area contributed by atoms with Crippen LogP contribution < -0.4 is 5.32 Å². The van der Waals surface area contributed by atoms with E-state index in [1.807, 2.05) is 0 Å². The van der Waals surface area contributed by atoms with Crippen molar-refractivity contribution in [3.63, 3.8) is 0 Å². The smallest absolute Gasteiger partial charge is 0.180 e. The van der Waals surface area contributed by atoms with E-state index in [0.717, 1.165) is 26.1 Å². The summed E-state index contributed by atoms with van der Waals surface area (Å²) in [4.78, 5) is 10.9. The maximum Gasteiger partial charge on any atom is 0.180 e. The Morgan fingerprint density at radius 2 is 2.12 bits per heavy atom. The van der Waals surface area contributed by atoms with Gasteiger partial charge in [0.1, 0.15) is 16.5 Å². The summed E-state index contributed by atoms with van der Waals surface area (Å²) in [5, 5.41) is 3.33. The standard InChI is InChI=1S/C16H26N4O3S/c1-10(2)14-8-20-7-12(5-13(20)9-23-14)19-16-15(24(4,21)22)6-17-11(3)18-16/h6,10,12-14H,5,7-9H2,1-4H3,(H,17,18,19)/t12-,13-,14-/m0/s1. The van der Waals surface area contributed by atoms with E-state index >= 15 is 0 Å². The number of aromatic nitrogens is 2. The van der Waals surface area contributed by atoms with Crippen LogP contribution in [0, 0.1) is 12.8 Å². The molecule has 3 heterocycles. The third kappa shape index (κ3) is 3.70. The van der Waals surface area contributed by atoms with E-state index < -0.39 is 9.84 Å². The molecule has 2 aliphatic heterocycles. The predicted octanol–water partition coefficient (Wildman–Crippen LogP) is 1.10. The van der Waals surface area contributed by atoms with Gasteiger partial charge in [-0.1, -0.05) is 13.8 Å². The summed E-state index contributed by atoms with van der Waals surface area (Å²) in [5.74, 6) is 1.47. The molecule has 2 fully saturated rings. The van der Waals surface area contributed by atoms with Crippen LogP contribution in [0.5, 0.6) is 0 Å². The van der Waals surface area contributed by atoms with Crippen molar-refractivity contribution in [2.45, 2.75) is 50.3 Å². The van der Waals surface area contributed by atoms with Gasteiger partial charge in [0.25, 0.3) is 0 Å². The number of aryl methyl sites for hydroxylation is 1. The highest BCUT2D eigenvalue weighted by molar-refractivity contribution is 7.90. The van der Waals surface area contributed by atoms with Gasteiger partial charge in [-0.15, -0.1) is 0 Å². The van der Waals surface area contributed by atoms with Crippen LogP contribution in [0.4, 0.5) is 5.82 Å². The van der Waals surface area contributed by atoms with Crippen molar-refractivity contribution in [1.29, 1.82) is 0 Å². The average Bonchev–Trinajstić information content (AvgIpc) is 2.86. The molecule has 0 aromatic carbocycles. The zero-order valence-electron chi connectivity index (χ0n) is 14.7. The first-order valence-corrected chi connectivity index (χ1v) is 10.3. The molecular weight excluding hydrogens is 328 g/mol. The highest BCUT2D eigenvalue weighted by atomic mass is 32.2. The average molecular weight is 354 g/mol. The lowest BCUT2D eigenvalue weighted by Gasteiger charge is -2.36. The number of nitrogens with one attached hydrogen (secondary N) is 1. The second-order valence-corrected chi connectivity index (χ2v) is 9.19. The Morgan fingerprint density at radius 1 is 1.38 bits per heavy atom. The number of hydrogen-bond donors (Lipinski definition) is 1. The number of nitrogens with zero attached hydrogens (tertiary/aromatic N) is 3. The van der Waals surface area contributed by atoms with E-state index in [2.05, 4.69) is 34.0 Å². The molecule has 0 bridgehead atoms. The summed E-state index contributed by atoms with van der Waals surface area (Å²) >= 11 is 0. The van der Waals surface area contributed by atoms with Gasteiger partial charge in [0.05, 0.1) is 18.9 Å². The van der Waals surface area contributed by atoms with Crippen molar-refractivity contribution < 1.29 is 13.2 Å². The number of morpholine rings is 1. The van der Waals surface area contributed by atoms with Crippen molar-refractivity contribution in [1.82, 2.24) is 14.9 Å². The number of anilines is 1. The molecule has 0 unspecified atom stereocenters. The fourth-order valence-corrected chi connectivity index (χ4v) is 4.13. The lowest BCUT2D eigenvalue weighted by Crippen LogP contribution is -2.48. The summed E-state index contributed by atoms with van der Waals surface area (Å²) in [6.07, 6.45) is 3.77. The number of ether oxygens (including phenoxy) is 1. The SMILES string of the molecule is Cc1ncc(S(C)(=O)=O)c(N[C@H]2C[C@H]3CO[C@H](C(C)C)CN3C2)n1. The summed E-state index contributed by atoms with van der Waals surface area (Å²) in [6.45, 7) is 8.67. The first kappa shape index (κ1) is 17.6. The van der Waals surface area contributed by atoms with Crippen LogP contribution in [0.25, 0.3) is 0 Å². The van der Waals surface area contributed by atoms with E-state index in [9.17, 15) is 8.42 Å². The molecule has 1 aromatic heterocycles. The van der Waals surface area contributed by atoms with Crippen LogP contribution >= 0.6 is 0 Å². The van der Waals surface area contributed by atoms with Gasteiger partial charge in [0.15, 0.2) is 9.84 Å². The Kier molecular flexibility index (Phi) is 4.81. The quantitative estimate of drug-likeness (QED) is 0.866. The van der Waals surface area contributed by atoms with E-state index in [-0.39, 0.29) is 17.0 Å². The minimum absolute atomic E-state index is 0.161. The minimum atomic E-state index is -3.36. The fourth-order valence-electron chi connectivity index (χ4n) is 3.43. The minimum Gasteiger partial charge on any atom is -0.375 e. The number of sulfone groups is 1. The van der Waals surface area contributed by atoms with Gasteiger partial charge in [-0.2, -0.15) is 0 Å². The molecule has 2 saturated heterocycles. The summed E-state index contributed by atoms with van der Waals surface area (Å²) < 4.78 is 29.9. The first-order valence-electron chi connectivity index (χ1n) is 8.40. The molecule has 3 rings (SSSR count). The highest BCUT2D eigenvalue weighted by Crippen LogP contribution is 2.28. The molecular formula is C16H26N4O3S. The van der Waals surface area contributed by atoms with E-state index in [4.69, 9.17) is 4.74 Å². The van der Waals surface area contributed by atoms with Gasteiger partial charge in [-0.25, -0.2) is 18.4 Å². The molecule has 0 aliphatic carbocycles. The van der Waals surface area contributed by atoms with Gasteiger partial charge in [-0.3, -0.25) is 4.90 Å². The van der Waals surface area contributed by atoms with Crippen LogP contribution in [0.3, 0.4) is 0 Å². The molecule has 1 aromatic rings. The molecule has 7 nitrogen and oxygen atoms in total. The van der Waals surface area contributed by atoms with Gasteiger partial charge < -0.3 is 10.1 Å². The Balaban J connectivity index is 1.74. The number of rotatable bonds is 4. The highest BCUT2D eigenvalue weighted by Gasteiger charge is 2.38. The van der Waals surface area contributed by atoms with Crippen molar-refractivity contribution >= 4 is 15.7 Å². The topological polar surface area (TPSA) is 84.4 Å².